The Morgan fingerprint density at radius 3 is 2.25 bits per heavy atom. The van der Waals surface area contributed by atoms with Gasteiger partial charge in [0.1, 0.15) is 5.75 Å². The number of hydrazone groups is 1. The molecule has 0 fully saturated rings. The quantitative estimate of drug-likeness (QED) is 0.524. The third-order valence-electron chi connectivity index (χ3n) is 3.31. The van der Waals surface area contributed by atoms with E-state index in [-0.39, 0.29) is 12.5 Å². The van der Waals surface area contributed by atoms with Gasteiger partial charge in [-0.15, -0.1) is 0 Å². The third-order valence-corrected chi connectivity index (χ3v) is 4.49. The van der Waals surface area contributed by atoms with E-state index >= 15 is 0 Å². The van der Waals surface area contributed by atoms with Gasteiger partial charge in [0.05, 0.1) is 14.7 Å². The van der Waals surface area contributed by atoms with Gasteiger partial charge in [0.2, 0.25) is 0 Å². The van der Waals surface area contributed by atoms with Gasteiger partial charge in [0.25, 0.3) is 5.91 Å². The van der Waals surface area contributed by atoms with Crippen LogP contribution in [0.25, 0.3) is 0 Å². The van der Waals surface area contributed by atoms with Gasteiger partial charge in [-0.3, -0.25) is 4.79 Å². The first-order valence-corrected chi connectivity index (χ1v) is 8.94. The van der Waals surface area contributed by atoms with E-state index in [1.165, 1.54) is 5.56 Å². The zero-order valence-electron chi connectivity index (χ0n) is 13.7. The van der Waals surface area contributed by atoms with E-state index < -0.39 is 0 Å². The molecule has 1 amide bonds. The summed E-state index contributed by atoms with van der Waals surface area (Å²) in [4.78, 5) is 11.9. The fourth-order valence-corrected chi connectivity index (χ4v) is 3.64. The van der Waals surface area contributed by atoms with E-state index in [0.717, 1.165) is 25.8 Å². The summed E-state index contributed by atoms with van der Waals surface area (Å²) in [5, 5.41) is 4.11. The summed E-state index contributed by atoms with van der Waals surface area (Å²) in [6.45, 7) is 5.73. The molecule has 24 heavy (non-hydrogen) atoms. The van der Waals surface area contributed by atoms with E-state index in [2.05, 4.69) is 42.4 Å². The maximum Gasteiger partial charge on any atom is 0.277 e. The van der Waals surface area contributed by atoms with Crippen LogP contribution in [-0.4, -0.2) is 18.2 Å². The van der Waals surface area contributed by atoms with E-state index in [1.807, 2.05) is 57.2 Å². The lowest BCUT2D eigenvalue weighted by Crippen LogP contribution is -2.25. The summed E-state index contributed by atoms with van der Waals surface area (Å²) in [6.07, 6.45) is 0. The summed E-state index contributed by atoms with van der Waals surface area (Å²) in [6, 6.07) is 11.8. The summed E-state index contributed by atoms with van der Waals surface area (Å²) in [5.41, 5.74) is 6.48. The van der Waals surface area contributed by atoms with Gasteiger partial charge in [0, 0.05) is 0 Å². The van der Waals surface area contributed by atoms with Gasteiger partial charge in [-0.25, -0.2) is 5.43 Å². The van der Waals surface area contributed by atoms with Gasteiger partial charge >= 0.3 is 0 Å². The lowest BCUT2D eigenvalue weighted by Gasteiger charge is -2.10. The number of halogens is 2. The minimum Gasteiger partial charge on any atom is -0.481 e. The highest BCUT2D eigenvalue weighted by Crippen LogP contribution is 2.34. The molecule has 2 aromatic rings. The molecule has 2 aromatic carbocycles. The smallest absolute Gasteiger partial charge is 0.277 e. The number of hydrogen-bond acceptors (Lipinski definition) is 3. The highest BCUT2D eigenvalue weighted by molar-refractivity contribution is 9.11. The van der Waals surface area contributed by atoms with E-state index in [9.17, 15) is 4.79 Å². The summed E-state index contributed by atoms with van der Waals surface area (Å²) < 4.78 is 7.15. The van der Waals surface area contributed by atoms with Crippen molar-refractivity contribution in [3.63, 3.8) is 0 Å². The average Bonchev–Trinajstić information content (AvgIpc) is 2.52. The van der Waals surface area contributed by atoms with Crippen LogP contribution < -0.4 is 10.2 Å². The summed E-state index contributed by atoms with van der Waals surface area (Å²) >= 11 is 6.86. The number of nitrogens with one attached hydrogen (secondary N) is 1. The Labute approximate surface area is 158 Å². The molecule has 0 radical (unpaired) electrons. The van der Waals surface area contributed by atoms with Gasteiger partial charge in [-0.05, 0) is 75.9 Å². The molecule has 0 atom stereocenters. The number of benzene rings is 2. The van der Waals surface area contributed by atoms with Crippen LogP contribution in [0.2, 0.25) is 0 Å². The Balaban J connectivity index is 1.94. The second-order valence-electron chi connectivity index (χ2n) is 5.44. The van der Waals surface area contributed by atoms with Crippen molar-refractivity contribution in [1.82, 2.24) is 5.43 Å². The van der Waals surface area contributed by atoms with E-state index in [0.29, 0.717) is 5.75 Å². The van der Waals surface area contributed by atoms with Crippen LogP contribution in [0.3, 0.4) is 0 Å². The van der Waals surface area contributed by atoms with E-state index in [4.69, 9.17) is 4.74 Å². The second kappa shape index (κ2) is 8.44. The molecule has 4 nitrogen and oxygen atoms in total. The molecule has 0 saturated heterocycles. The Bertz CT molecular complexity index is 748. The van der Waals surface area contributed by atoms with Crippen molar-refractivity contribution in [2.24, 2.45) is 5.10 Å². The molecule has 0 saturated carbocycles. The zero-order chi connectivity index (χ0) is 17.7. The van der Waals surface area contributed by atoms with E-state index in [1.54, 1.807) is 0 Å². The first-order chi connectivity index (χ1) is 11.4. The number of ether oxygens (including phenoxy) is 1. The van der Waals surface area contributed by atoms with Gasteiger partial charge in [-0.1, -0.05) is 29.8 Å². The van der Waals surface area contributed by atoms with Crippen LogP contribution in [0.5, 0.6) is 5.75 Å². The van der Waals surface area contributed by atoms with Crippen molar-refractivity contribution in [2.75, 3.05) is 6.61 Å². The molecule has 0 aliphatic heterocycles. The molecule has 6 heteroatoms. The van der Waals surface area contributed by atoms with Crippen molar-refractivity contribution in [3.05, 3.63) is 62.0 Å². The molecule has 0 bridgehead atoms. The first kappa shape index (κ1) is 18.7. The lowest BCUT2D eigenvalue weighted by atomic mass is 10.1. The van der Waals surface area contributed by atoms with Crippen LogP contribution in [-0.2, 0) is 4.79 Å². The predicted molar refractivity (Wildman–Crippen MR) is 104 cm³/mol. The molecule has 0 aromatic heterocycles. The number of carbonyl (C=O) groups is 1. The first-order valence-electron chi connectivity index (χ1n) is 7.35. The fraction of sp³-hybridized carbons (Fsp3) is 0.222. The maximum atomic E-state index is 11.9. The molecule has 2 rings (SSSR count). The number of hydrogen-bond donors (Lipinski definition) is 1. The lowest BCUT2D eigenvalue weighted by molar-refractivity contribution is -0.123. The largest absolute Gasteiger partial charge is 0.481 e. The molecule has 0 unspecified atom stereocenters. The molecule has 0 aliphatic carbocycles. The number of carbonyl (C=O) groups excluding carboxylic acids is 1. The fourth-order valence-electron chi connectivity index (χ4n) is 2.00. The van der Waals surface area contributed by atoms with Crippen LogP contribution >= 0.6 is 31.9 Å². The molecular formula is C18H18Br2N2O2. The number of rotatable bonds is 5. The van der Waals surface area contributed by atoms with Crippen LogP contribution in [0.1, 0.15) is 23.6 Å². The normalized spacial score (nSPS) is 11.3. The zero-order valence-corrected chi connectivity index (χ0v) is 16.9. The molecule has 1 N–H and O–H groups in total. The Morgan fingerprint density at radius 1 is 1.08 bits per heavy atom. The third kappa shape index (κ3) is 5.18. The van der Waals surface area contributed by atoms with Crippen LogP contribution in [0.4, 0.5) is 0 Å². The SMILES string of the molecule is C/C(=N\NC(=O)COc1c(Br)cc(C)cc1Br)c1ccc(C)cc1. The molecule has 126 valence electrons. The summed E-state index contributed by atoms with van der Waals surface area (Å²) in [5.74, 6) is 0.274. The van der Waals surface area contributed by atoms with Crippen molar-refractivity contribution in [1.29, 1.82) is 0 Å². The molecule has 0 heterocycles. The minimum atomic E-state index is -0.319. The van der Waals surface area contributed by atoms with Gasteiger partial charge in [-0.2, -0.15) is 5.10 Å². The Hall–Kier alpha value is -1.66. The average molecular weight is 454 g/mol. The highest BCUT2D eigenvalue weighted by atomic mass is 79.9. The topological polar surface area (TPSA) is 50.7 Å². The van der Waals surface area contributed by atoms with Gasteiger partial charge < -0.3 is 4.74 Å². The second-order valence-corrected chi connectivity index (χ2v) is 7.15. The number of aryl methyl sites for hydroxylation is 2. The predicted octanol–water partition coefficient (Wildman–Crippen LogP) is 4.75. The monoisotopic (exact) mass is 452 g/mol. The molecule has 0 spiro atoms. The molecule has 0 aliphatic rings. The summed E-state index contributed by atoms with van der Waals surface area (Å²) in [7, 11) is 0. The van der Waals surface area contributed by atoms with Gasteiger partial charge in [0.15, 0.2) is 6.61 Å². The maximum absolute atomic E-state index is 11.9. The standard InChI is InChI=1S/C18H18Br2N2O2/c1-11-4-6-14(7-5-11)13(3)21-22-17(23)10-24-18-15(19)8-12(2)9-16(18)20/h4-9H,10H2,1-3H3,(H,22,23)/b21-13+. The van der Waals surface area contributed by atoms with Crippen molar-refractivity contribution in [3.8, 4) is 5.75 Å². The number of amides is 1. The number of nitrogens with zero attached hydrogens (tertiary/aromatic N) is 1. The van der Waals surface area contributed by atoms with Crippen molar-refractivity contribution >= 4 is 43.5 Å². The Morgan fingerprint density at radius 2 is 1.67 bits per heavy atom. The van der Waals surface area contributed by atoms with Crippen LogP contribution in [0, 0.1) is 13.8 Å². The van der Waals surface area contributed by atoms with Crippen LogP contribution in [0.15, 0.2) is 50.4 Å². The van der Waals surface area contributed by atoms with Crippen molar-refractivity contribution in [2.45, 2.75) is 20.8 Å². The highest BCUT2D eigenvalue weighted by Gasteiger charge is 2.10. The minimum absolute atomic E-state index is 0.120. The Kier molecular flexibility index (Phi) is 6.57. The van der Waals surface area contributed by atoms with Crippen molar-refractivity contribution < 1.29 is 9.53 Å². The molecular weight excluding hydrogens is 436 g/mol.